The maximum Gasteiger partial charge on any atom is 0.337 e. The summed E-state index contributed by atoms with van der Waals surface area (Å²) in [6.45, 7) is 0. The highest BCUT2D eigenvalue weighted by Gasteiger charge is 2.14. The zero-order valence-corrected chi connectivity index (χ0v) is 19.2. The molecule has 0 aliphatic rings. The molecule has 0 bridgehead atoms. The summed E-state index contributed by atoms with van der Waals surface area (Å²) in [4.78, 5) is 28.6. The Morgan fingerprint density at radius 2 is 1.65 bits per heavy atom. The van der Waals surface area contributed by atoms with Crippen molar-refractivity contribution in [2.24, 2.45) is 0 Å². The third kappa shape index (κ3) is 4.80. The number of carbonyl (C=O) groups is 2. The van der Waals surface area contributed by atoms with Crippen molar-refractivity contribution in [3.05, 3.63) is 88.4 Å². The van der Waals surface area contributed by atoms with Crippen LogP contribution in [0.5, 0.6) is 0 Å². The lowest BCUT2D eigenvalue weighted by atomic mass is 10.1. The smallest absolute Gasteiger partial charge is 0.337 e. The van der Waals surface area contributed by atoms with Crippen LogP contribution in [0, 0.1) is 11.3 Å². The van der Waals surface area contributed by atoms with Crippen LogP contribution in [-0.2, 0) is 9.47 Å². The van der Waals surface area contributed by atoms with Gasteiger partial charge in [-0.15, -0.1) is 11.3 Å². The normalized spacial score (nSPS) is 11.0. The summed E-state index contributed by atoms with van der Waals surface area (Å²) in [6, 6.07) is 20.8. The molecule has 0 saturated carbocycles. The SMILES string of the molecule is COC(=O)c1cc(NC=C(C#N)c2nc(-c3ccc4ccccc4c3)cs2)cc(C(=O)OC)c1. The number of anilines is 1. The summed E-state index contributed by atoms with van der Waals surface area (Å²) >= 11 is 1.35. The van der Waals surface area contributed by atoms with Crippen LogP contribution >= 0.6 is 11.3 Å². The molecule has 3 aromatic carbocycles. The van der Waals surface area contributed by atoms with Crippen LogP contribution < -0.4 is 5.32 Å². The second-order valence-corrected chi connectivity index (χ2v) is 8.05. The van der Waals surface area contributed by atoms with Gasteiger partial charge < -0.3 is 14.8 Å². The number of fused-ring (bicyclic) bond motifs is 1. The molecule has 1 heterocycles. The van der Waals surface area contributed by atoms with Gasteiger partial charge >= 0.3 is 11.9 Å². The predicted molar refractivity (Wildman–Crippen MR) is 131 cm³/mol. The van der Waals surface area contributed by atoms with E-state index in [-0.39, 0.29) is 11.1 Å². The molecule has 1 aromatic heterocycles. The first kappa shape index (κ1) is 22.7. The maximum atomic E-state index is 12.0. The first-order chi connectivity index (χ1) is 16.5. The standard InChI is InChI=1S/C26H19N3O4S/c1-32-25(30)19-10-20(26(31)33-2)12-22(11-19)28-14-21(13-27)24-29-23(15-34-24)18-8-7-16-5-3-4-6-17(16)9-18/h3-12,14-15,28H,1-2H3. The molecule has 0 saturated heterocycles. The minimum Gasteiger partial charge on any atom is -0.465 e. The first-order valence-corrected chi connectivity index (χ1v) is 11.0. The number of nitrogens with one attached hydrogen (secondary N) is 1. The summed E-state index contributed by atoms with van der Waals surface area (Å²) in [5.41, 5.74) is 2.80. The third-order valence-corrected chi connectivity index (χ3v) is 5.93. The van der Waals surface area contributed by atoms with Gasteiger partial charge in [0.05, 0.1) is 31.0 Å². The molecule has 4 rings (SSSR count). The highest BCUT2D eigenvalue weighted by molar-refractivity contribution is 7.11. The molecular weight excluding hydrogens is 450 g/mol. The molecule has 34 heavy (non-hydrogen) atoms. The molecule has 0 radical (unpaired) electrons. The summed E-state index contributed by atoms with van der Waals surface area (Å²) in [7, 11) is 2.51. The highest BCUT2D eigenvalue weighted by Crippen LogP contribution is 2.28. The number of methoxy groups -OCH3 is 2. The number of esters is 2. The molecular formula is C26H19N3O4S. The number of thiazole rings is 1. The zero-order chi connectivity index (χ0) is 24.1. The number of allylic oxidation sites excluding steroid dienone is 1. The number of benzene rings is 3. The first-order valence-electron chi connectivity index (χ1n) is 10.2. The van der Waals surface area contributed by atoms with Crippen molar-refractivity contribution in [2.75, 3.05) is 19.5 Å². The van der Waals surface area contributed by atoms with Crippen LogP contribution in [0.15, 0.2) is 72.2 Å². The second-order valence-electron chi connectivity index (χ2n) is 7.20. The molecule has 0 aliphatic heterocycles. The van der Waals surface area contributed by atoms with E-state index in [0.29, 0.717) is 16.3 Å². The van der Waals surface area contributed by atoms with Crippen molar-refractivity contribution in [1.29, 1.82) is 5.26 Å². The minimum atomic E-state index is -0.599. The Morgan fingerprint density at radius 3 is 2.29 bits per heavy atom. The fraction of sp³-hybridized carbons (Fsp3) is 0.0769. The van der Waals surface area contributed by atoms with Crippen molar-refractivity contribution in [1.82, 2.24) is 4.98 Å². The van der Waals surface area contributed by atoms with Crippen LogP contribution in [0.4, 0.5) is 5.69 Å². The van der Waals surface area contributed by atoms with Crippen LogP contribution in [0.25, 0.3) is 27.6 Å². The van der Waals surface area contributed by atoms with Gasteiger partial charge in [0.15, 0.2) is 0 Å². The van der Waals surface area contributed by atoms with E-state index >= 15 is 0 Å². The number of nitriles is 1. The van der Waals surface area contributed by atoms with Gasteiger partial charge in [0.25, 0.3) is 0 Å². The Balaban J connectivity index is 1.62. The summed E-state index contributed by atoms with van der Waals surface area (Å²) in [5, 5.41) is 17.4. The zero-order valence-electron chi connectivity index (χ0n) is 18.4. The van der Waals surface area contributed by atoms with Crippen molar-refractivity contribution in [3.63, 3.8) is 0 Å². The van der Waals surface area contributed by atoms with E-state index in [4.69, 9.17) is 9.47 Å². The van der Waals surface area contributed by atoms with Gasteiger partial charge in [-0.3, -0.25) is 0 Å². The van der Waals surface area contributed by atoms with Gasteiger partial charge in [0.2, 0.25) is 0 Å². The fourth-order valence-corrected chi connectivity index (χ4v) is 4.15. The van der Waals surface area contributed by atoms with Crippen molar-refractivity contribution in [3.8, 4) is 17.3 Å². The topological polar surface area (TPSA) is 101 Å². The Kier molecular flexibility index (Phi) is 6.67. The highest BCUT2D eigenvalue weighted by atomic mass is 32.1. The lowest BCUT2D eigenvalue weighted by Crippen LogP contribution is -2.07. The Morgan fingerprint density at radius 1 is 0.971 bits per heavy atom. The molecule has 4 aromatic rings. The average Bonchev–Trinajstić information content (AvgIpc) is 3.37. The van der Waals surface area contributed by atoms with Gasteiger partial charge in [-0.2, -0.15) is 5.26 Å². The molecule has 0 spiro atoms. The molecule has 1 N–H and O–H groups in total. The Labute approximate surface area is 199 Å². The molecule has 0 aliphatic carbocycles. The number of hydrogen-bond acceptors (Lipinski definition) is 8. The molecule has 0 fully saturated rings. The minimum absolute atomic E-state index is 0.174. The van der Waals surface area contributed by atoms with E-state index in [0.717, 1.165) is 22.0 Å². The van der Waals surface area contributed by atoms with E-state index in [9.17, 15) is 14.9 Å². The molecule has 7 nitrogen and oxygen atoms in total. The number of ether oxygens (including phenoxy) is 2. The molecule has 0 unspecified atom stereocenters. The fourth-order valence-electron chi connectivity index (χ4n) is 3.36. The van der Waals surface area contributed by atoms with Crippen LogP contribution in [0.1, 0.15) is 25.7 Å². The third-order valence-electron chi connectivity index (χ3n) is 5.06. The molecule has 168 valence electrons. The molecule has 8 heteroatoms. The Hall–Kier alpha value is -4.48. The second kappa shape index (κ2) is 9.98. The predicted octanol–water partition coefficient (Wildman–Crippen LogP) is 5.51. The van der Waals surface area contributed by atoms with Crippen LogP contribution in [0.3, 0.4) is 0 Å². The number of hydrogen-bond donors (Lipinski definition) is 1. The van der Waals surface area contributed by atoms with E-state index in [1.165, 1.54) is 50.0 Å². The summed E-state index contributed by atoms with van der Waals surface area (Å²) < 4.78 is 9.50. The van der Waals surface area contributed by atoms with Gasteiger partial charge in [0, 0.05) is 22.8 Å². The van der Waals surface area contributed by atoms with Gasteiger partial charge in [-0.1, -0.05) is 36.4 Å². The molecule has 0 amide bonds. The monoisotopic (exact) mass is 469 g/mol. The largest absolute Gasteiger partial charge is 0.465 e. The van der Waals surface area contributed by atoms with Gasteiger partial charge in [-0.05, 0) is 35.0 Å². The van der Waals surface area contributed by atoms with Crippen LogP contribution in [0.2, 0.25) is 0 Å². The van der Waals surface area contributed by atoms with Crippen LogP contribution in [-0.4, -0.2) is 31.1 Å². The van der Waals surface area contributed by atoms with Crippen molar-refractivity contribution < 1.29 is 19.1 Å². The van der Waals surface area contributed by atoms with E-state index < -0.39 is 11.9 Å². The lowest BCUT2D eigenvalue weighted by molar-refractivity contribution is 0.0599. The number of aromatic nitrogens is 1. The summed E-state index contributed by atoms with van der Waals surface area (Å²) in [6.07, 6.45) is 1.49. The van der Waals surface area contributed by atoms with Crippen molar-refractivity contribution in [2.45, 2.75) is 0 Å². The van der Waals surface area contributed by atoms with Gasteiger partial charge in [0.1, 0.15) is 16.6 Å². The Bertz CT molecular complexity index is 1430. The van der Waals surface area contributed by atoms with Crippen molar-refractivity contribution >= 4 is 45.3 Å². The van der Waals surface area contributed by atoms with E-state index in [1.54, 1.807) is 0 Å². The average molecular weight is 470 g/mol. The number of carbonyl (C=O) groups excluding carboxylic acids is 2. The molecule has 0 atom stereocenters. The quantitative estimate of drug-likeness (QED) is 0.293. The van der Waals surface area contributed by atoms with E-state index in [1.807, 2.05) is 35.7 Å². The number of rotatable bonds is 6. The van der Waals surface area contributed by atoms with E-state index in [2.05, 4.69) is 28.5 Å². The van der Waals surface area contributed by atoms with Gasteiger partial charge in [-0.25, -0.2) is 14.6 Å². The summed E-state index contributed by atoms with van der Waals surface area (Å²) in [5.74, 6) is -1.20. The maximum absolute atomic E-state index is 12.0. The lowest BCUT2D eigenvalue weighted by Gasteiger charge is -2.08. The number of nitrogens with zero attached hydrogens (tertiary/aromatic N) is 2.